The van der Waals surface area contributed by atoms with E-state index in [1.807, 2.05) is 48.5 Å². The van der Waals surface area contributed by atoms with Gasteiger partial charge in [-0.3, -0.25) is 4.79 Å². The zero-order valence-corrected chi connectivity index (χ0v) is 16.4. The minimum absolute atomic E-state index is 0.147. The molecule has 0 aliphatic carbocycles. The molecule has 0 aliphatic rings. The topological polar surface area (TPSA) is 17.1 Å². The monoisotopic (exact) mass is 350 g/mol. The van der Waals surface area contributed by atoms with Crippen molar-refractivity contribution < 1.29 is 4.79 Å². The third-order valence-corrected chi connectivity index (χ3v) is 5.10. The maximum atomic E-state index is 12.7. The molecule has 0 atom stereocenters. The first-order valence-electron chi connectivity index (χ1n) is 10.5. The average molecular weight is 351 g/mol. The lowest BCUT2D eigenvalue weighted by Gasteiger charge is -2.09. The van der Waals surface area contributed by atoms with Gasteiger partial charge in [-0.05, 0) is 18.4 Å². The van der Waals surface area contributed by atoms with Crippen molar-refractivity contribution in [3.05, 3.63) is 71.3 Å². The molecule has 1 nitrogen and oxygen atoms in total. The van der Waals surface area contributed by atoms with Crippen molar-refractivity contribution in [3.8, 4) is 0 Å². The summed E-state index contributed by atoms with van der Waals surface area (Å²) in [4.78, 5) is 12.7. The number of carbonyl (C=O) groups is 1. The molecule has 2 aromatic rings. The molecule has 0 aliphatic heterocycles. The van der Waals surface area contributed by atoms with Crippen LogP contribution in [-0.4, -0.2) is 5.78 Å². The van der Waals surface area contributed by atoms with Crippen LogP contribution >= 0.6 is 0 Å². The Labute approximate surface area is 159 Å². The van der Waals surface area contributed by atoms with E-state index in [-0.39, 0.29) is 5.78 Å². The molecule has 0 saturated carbocycles. The van der Waals surface area contributed by atoms with E-state index in [4.69, 9.17) is 0 Å². The Morgan fingerprint density at radius 3 is 1.85 bits per heavy atom. The van der Waals surface area contributed by atoms with Crippen molar-refractivity contribution in [1.29, 1.82) is 0 Å². The fraction of sp³-hybridized carbons (Fsp3) is 0.480. The fourth-order valence-corrected chi connectivity index (χ4v) is 3.51. The largest absolute Gasteiger partial charge is 0.289 e. The van der Waals surface area contributed by atoms with Crippen molar-refractivity contribution in [1.82, 2.24) is 0 Å². The molecule has 0 amide bonds. The lowest BCUT2D eigenvalue weighted by atomic mass is 9.95. The molecule has 0 aromatic heterocycles. The third kappa shape index (κ3) is 7.15. The van der Waals surface area contributed by atoms with Gasteiger partial charge >= 0.3 is 0 Å². The van der Waals surface area contributed by atoms with Crippen molar-refractivity contribution >= 4 is 5.78 Å². The van der Waals surface area contributed by atoms with Crippen LogP contribution in [-0.2, 0) is 6.42 Å². The van der Waals surface area contributed by atoms with E-state index in [0.29, 0.717) is 0 Å². The van der Waals surface area contributed by atoms with Crippen molar-refractivity contribution in [2.45, 2.75) is 77.6 Å². The van der Waals surface area contributed by atoms with E-state index in [1.165, 1.54) is 69.8 Å². The second-order valence-electron chi connectivity index (χ2n) is 7.28. The van der Waals surface area contributed by atoms with Crippen LogP contribution in [0.25, 0.3) is 0 Å². The Morgan fingerprint density at radius 1 is 0.654 bits per heavy atom. The first-order valence-corrected chi connectivity index (χ1v) is 10.5. The van der Waals surface area contributed by atoms with Crippen LogP contribution in [0.15, 0.2) is 54.6 Å². The standard InChI is InChI=1S/C25H34O/c1-2-3-4-5-6-7-8-9-10-12-17-22-18-15-16-21-24(22)25(26)23-19-13-11-14-20-23/h11,13-16,18-21H,2-10,12,17H2,1H3. The summed E-state index contributed by atoms with van der Waals surface area (Å²) in [5.74, 6) is 0.147. The smallest absolute Gasteiger partial charge is 0.193 e. The van der Waals surface area contributed by atoms with Gasteiger partial charge < -0.3 is 0 Å². The summed E-state index contributed by atoms with van der Waals surface area (Å²) in [5.41, 5.74) is 2.85. The van der Waals surface area contributed by atoms with Crippen molar-refractivity contribution in [3.63, 3.8) is 0 Å². The van der Waals surface area contributed by atoms with Crippen LogP contribution in [0.5, 0.6) is 0 Å². The molecular formula is C25H34O. The Morgan fingerprint density at radius 2 is 1.19 bits per heavy atom. The van der Waals surface area contributed by atoms with Gasteiger partial charge in [0.15, 0.2) is 5.78 Å². The third-order valence-electron chi connectivity index (χ3n) is 5.10. The number of ketones is 1. The van der Waals surface area contributed by atoms with Gasteiger partial charge in [-0.2, -0.15) is 0 Å². The van der Waals surface area contributed by atoms with Crippen LogP contribution in [0, 0.1) is 0 Å². The molecule has 140 valence electrons. The Bertz CT molecular complexity index is 630. The lowest BCUT2D eigenvalue weighted by molar-refractivity contribution is 0.103. The van der Waals surface area contributed by atoms with Crippen molar-refractivity contribution in [2.75, 3.05) is 0 Å². The molecule has 2 aromatic carbocycles. The van der Waals surface area contributed by atoms with Gasteiger partial charge in [0.05, 0.1) is 0 Å². The number of hydrogen-bond acceptors (Lipinski definition) is 1. The molecule has 1 heteroatoms. The number of hydrogen-bond donors (Lipinski definition) is 0. The highest BCUT2D eigenvalue weighted by Gasteiger charge is 2.12. The molecule has 0 spiro atoms. The maximum absolute atomic E-state index is 12.7. The number of aryl methyl sites for hydroxylation is 1. The van der Waals surface area contributed by atoms with Gasteiger partial charge in [0.25, 0.3) is 0 Å². The predicted molar refractivity (Wildman–Crippen MR) is 112 cm³/mol. The van der Waals surface area contributed by atoms with Gasteiger partial charge in [0.1, 0.15) is 0 Å². The summed E-state index contributed by atoms with van der Waals surface area (Å²) in [6.45, 7) is 2.27. The van der Waals surface area contributed by atoms with Crippen LogP contribution < -0.4 is 0 Å². The highest BCUT2D eigenvalue weighted by molar-refractivity contribution is 6.09. The maximum Gasteiger partial charge on any atom is 0.193 e. The highest BCUT2D eigenvalue weighted by atomic mass is 16.1. The normalized spacial score (nSPS) is 10.8. The van der Waals surface area contributed by atoms with E-state index in [1.54, 1.807) is 0 Å². The summed E-state index contributed by atoms with van der Waals surface area (Å²) >= 11 is 0. The van der Waals surface area contributed by atoms with Crippen LogP contribution in [0.2, 0.25) is 0 Å². The van der Waals surface area contributed by atoms with Gasteiger partial charge in [-0.25, -0.2) is 0 Å². The first-order chi connectivity index (χ1) is 12.8. The Kier molecular flexibility index (Phi) is 9.79. The van der Waals surface area contributed by atoms with Crippen LogP contribution in [0.4, 0.5) is 0 Å². The average Bonchev–Trinajstić information content (AvgIpc) is 2.70. The summed E-state index contributed by atoms with van der Waals surface area (Å²) in [6, 6.07) is 17.7. The predicted octanol–water partition coefficient (Wildman–Crippen LogP) is 7.38. The van der Waals surface area contributed by atoms with Crippen molar-refractivity contribution in [2.24, 2.45) is 0 Å². The van der Waals surface area contributed by atoms with E-state index in [9.17, 15) is 4.79 Å². The Balaban J connectivity index is 1.71. The molecular weight excluding hydrogens is 316 g/mol. The molecule has 0 unspecified atom stereocenters. The summed E-state index contributed by atoms with van der Waals surface area (Å²) in [6.07, 6.45) is 14.4. The van der Waals surface area contributed by atoms with E-state index in [0.717, 1.165) is 17.5 Å². The number of unbranched alkanes of at least 4 members (excludes halogenated alkanes) is 9. The van der Waals surface area contributed by atoms with Gasteiger partial charge in [0, 0.05) is 11.1 Å². The molecule has 0 N–H and O–H groups in total. The van der Waals surface area contributed by atoms with Crippen LogP contribution in [0.1, 0.15) is 92.6 Å². The van der Waals surface area contributed by atoms with Crippen LogP contribution in [0.3, 0.4) is 0 Å². The van der Waals surface area contributed by atoms with E-state index < -0.39 is 0 Å². The molecule has 26 heavy (non-hydrogen) atoms. The van der Waals surface area contributed by atoms with Gasteiger partial charge in [-0.1, -0.05) is 119 Å². The molecule has 0 bridgehead atoms. The molecule has 0 fully saturated rings. The summed E-state index contributed by atoms with van der Waals surface area (Å²) < 4.78 is 0. The number of carbonyl (C=O) groups excluding carboxylic acids is 1. The van der Waals surface area contributed by atoms with E-state index >= 15 is 0 Å². The SMILES string of the molecule is CCCCCCCCCCCCc1ccccc1C(=O)c1ccccc1. The molecule has 2 rings (SSSR count). The fourth-order valence-electron chi connectivity index (χ4n) is 3.51. The Hall–Kier alpha value is -1.89. The molecule has 0 saturated heterocycles. The molecule has 0 radical (unpaired) electrons. The van der Waals surface area contributed by atoms with E-state index in [2.05, 4.69) is 13.0 Å². The second-order valence-corrected chi connectivity index (χ2v) is 7.28. The molecule has 0 heterocycles. The lowest BCUT2D eigenvalue weighted by Crippen LogP contribution is -2.05. The first kappa shape index (κ1) is 20.4. The highest BCUT2D eigenvalue weighted by Crippen LogP contribution is 2.18. The minimum Gasteiger partial charge on any atom is -0.289 e. The minimum atomic E-state index is 0.147. The zero-order valence-electron chi connectivity index (χ0n) is 16.4. The number of benzene rings is 2. The van der Waals surface area contributed by atoms with Gasteiger partial charge in [0.2, 0.25) is 0 Å². The quantitative estimate of drug-likeness (QED) is 0.272. The van der Waals surface area contributed by atoms with Gasteiger partial charge in [-0.15, -0.1) is 0 Å². The number of rotatable bonds is 13. The second kappa shape index (κ2) is 12.5. The summed E-state index contributed by atoms with van der Waals surface area (Å²) in [7, 11) is 0. The zero-order chi connectivity index (χ0) is 18.5. The summed E-state index contributed by atoms with van der Waals surface area (Å²) in [5, 5.41) is 0.